The minimum absolute atomic E-state index is 0.311. The normalized spacial score (nSPS) is 39.7. The monoisotopic (exact) mass is 391 g/mol. The van der Waals surface area contributed by atoms with Gasteiger partial charge in [0.2, 0.25) is 5.91 Å². The first-order chi connectivity index (χ1) is 12.3. The lowest BCUT2D eigenvalue weighted by molar-refractivity contribution is -0.211. The number of rotatable bonds is 6. The van der Waals surface area contributed by atoms with E-state index in [9.17, 15) is 25.2 Å². The van der Waals surface area contributed by atoms with Gasteiger partial charge in [0.05, 0.1) is 24.2 Å². The van der Waals surface area contributed by atoms with Crippen molar-refractivity contribution in [3.8, 4) is 0 Å². The van der Waals surface area contributed by atoms with Crippen LogP contribution in [0, 0.1) is 0 Å². The topological polar surface area (TPSA) is 180 Å². The van der Waals surface area contributed by atoms with Crippen molar-refractivity contribution >= 4 is 17.7 Å². The molecule has 2 heterocycles. The maximum absolute atomic E-state index is 12.5. The first-order valence-corrected chi connectivity index (χ1v) is 9.57. The highest BCUT2D eigenvalue weighted by molar-refractivity contribution is 7.99. The zero-order valence-corrected chi connectivity index (χ0v) is 15.3. The summed E-state index contributed by atoms with van der Waals surface area (Å²) in [4.78, 5) is 15.2. The number of carbonyl (C=O) groups is 1. The number of hydrogen-bond acceptors (Lipinski definition) is 9. The van der Waals surface area contributed by atoms with Gasteiger partial charge in [0.15, 0.2) is 0 Å². The van der Waals surface area contributed by atoms with Crippen LogP contribution in [0.15, 0.2) is 5.11 Å². The summed E-state index contributed by atoms with van der Waals surface area (Å²) in [6.45, 7) is 1.79. The molecule has 0 spiro atoms. The molecule has 6 N–H and O–H groups in total. The molecule has 0 aromatic heterocycles. The van der Waals surface area contributed by atoms with Gasteiger partial charge in [-0.15, -0.1) is 11.8 Å². The molecule has 0 aromatic rings. The molecule has 1 unspecified atom stereocenters. The summed E-state index contributed by atoms with van der Waals surface area (Å²) in [6, 6.07) is -1.95. The fourth-order valence-corrected chi connectivity index (χ4v) is 3.86. The fraction of sp³-hybridized carbons (Fsp3) is 0.929. The molecular weight excluding hydrogens is 366 g/mol. The molecule has 0 bridgehead atoms. The highest BCUT2D eigenvalue weighted by Crippen LogP contribution is 2.29. The lowest BCUT2D eigenvalue weighted by Gasteiger charge is -2.44. The van der Waals surface area contributed by atoms with Gasteiger partial charge in [-0.05, 0) is 25.1 Å². The van der Waals surface area contributed by atoms with Crippen molar-refractivity contribution in [2.75, 3.05) is 12.8 Å². The summed E-state index contributed by atoms with van der Waals surface area (Å²) in [5.74, 6) is -0.441. The summed E-state index contributed by atoms with van der Waals surface area (Å²) < 4.78 is 5.62. The van der Waals surface area contributed by atoms with Crippen molar-refractivity contribution in [3.05, 3.63) is 10.4 Å². The van der Waals surface area contributed by atoms with Crippen molar-refractivity contribution in [2.24, 2.45) is 5.11 Å². The van der Waals surface area contributed by atoms with Gasteiger partial charge in [-0.3, -0.25) is 4.79 Å². The molecule has 2 aliphatic heterocycles. The lowest BCUT2D eigenvalue weighted by Crippen LogP contribution is -2.65. The van der Waals surface area contributed by atoms with Gasteiger partial charge >= 0.3 is 0 Å². The van der Waals surface area contributed by atoms with E-state index in [0.29, 0.717) is 13.0 Å². The van der Waals surface area contributed by atoms with E-state index in [1.165, 1.54) is 6.92 Å². The number of aliphatic hydroxyl groups is 4. The Morgan fingerprint density at radius 2 is 2.08 bits per heavy atom. The highest BCUT2D eigenvalue weighted by Gasteiger charge is 2.48. The summed E-state index contributed by atoms with van der Waals surface area (Å²) >= 11 is 1.15. The van der Waals surface area contributed by atoms with Crippen LogP contribution in [0.5, 0.6) is 0 Å². The quantitative estimate of drug-likeness (QED) is 0.172. The van der Waals surface area contributed by atoms with Crippen LogP contribution in [-0.2, 0) is 9.53 Å². The van der Waals surface area contributed by atoms with Crippen LogP contribution in [-0.4, -0.2) is 93.2 Å². The first kappa shape index (κ1) is 21.2. The molecule has 0 radical (unpaired) electrons. The van der Waals surface area contributed by atoms with Gasteiger partial charge in [-0.2, -0.15) is 0 Å². The van der Waals surface area contributed by atoms with E-state index in [-0.39, 0.29) is 6.04 Å². The van der Waals surface area contributed by atoms with Gasteiger partial charge in [-0.25, -0.2) is 0 Å². The number of ether oxygens (including phenoxy) is 1. The van der Waals surface area contributed by atoms with E-state index in [4.69, 9.17) is 10.3 Å². The number of thioether (sulfide) groups is 1. The van der Waals surface area contributed by atoms with Gasteiger partial charge in [0, 0.05) is 11.5 Å². The summed E-state index contributed by atoms with van der Waals surface area (Å²) in [5, 5.41) is 49.4. The predicted octanol–water partition coefficient (Wildman–Crippen LogP) is -1.94. The molecule has 0 aliphatic carbocycles. The Balaban J connectivity index is 2.08. The average molecular weight is 391 g/mol. The fourth-order valence-electron chi connectivity index (χ4n) is 3.19. The number of nitrogens with zero attached hydrogens (tertiary/aromatic N) is 3. The smallest absolute Gasteiger partial charge is 0.237 e. The summed E-state index contributed by atoms with van der Waals surface area (Å²) in [6.07, 6.45) is -4.46. The molecule has 2 saturated heterocycles. The Morgan fingerprint density at radius 1 is 1.38 bits per heavy atom. The lowest BCUT2D eigenvalue weighted by atomic mass is 9.92. The third kappa shape index (κ3) is 4.59. The van der Waals surface area contributed by atoms with E-state index in [1.54, 1.807) is 6.26 Å². The molecular formula is C14H25N5O6S. The van der Waals surface area contributed by atoms with E-state index in [2.05, 4.69) is 20.7 Å². The second-order valence-electron chi connectivity index (χ2n) is 6.51. The molecule has 26 heavy (non-hydrogen) atoms. The van der Waals surface area contributed by atoms with Gasteiger partial charge in [0.1, 0.15) is 29.9 Å². The van der Waals surface area contributed by atoms with Crippen LogP contribution in [0.1, 0.15) is 13.3 Å². The molecule has 2 rings (SSSR count). The molecule has 0 aromatic carbocycles. The largest absolute Gasteiger partial charge is 0.391 e. The SMILES string of the molecule is CS[C@H]1O[C@H]([C@H](NC(=O)C2C[C@H](N=[N+]=[N-])CN2)[C@@H](C)O)[C@H](O)[C@H](O)[C@H]1O. The summed E-state index contributed by atoms with van der Waals surface area (Å²) in [5.41, 5.74) is 7.66. The van der Waals surface area contributed by atoms with Crippen LogP contribution in [0.25, 0.3) is 10.4 Å². The number of amides is 1. The second kappa shape index (κ2) is 9.20. The Bertz CT molecular complexity index is 546. The Morgan fingerprint density at radius 3 is 2.65 bits per heavy atom. The minimum atomic E-state index is -1.49. The van der Waals surface area contributed by atoms with Crippen molar-refractivity contribution in [1.29, 1.82) is 0 Å². The zero-order valence-electron chi connectivity index (χ0n) is 14.5. The first-order valence-electron chi connectivity index (χ1n) is 8.28. The average Bonchev–Trinajstić information content (AvgIpc) is 3.07. The van der Waals surface area contributed by atoms with Crippen molar-refractivity contribution in [3.63, 3.8) is 0 Å². The molecule has 11 nitrogen and oxygen atoms in total. The Labute approximate surface area is 154 Å². The molecule has 0 saturated carbocycles. The molecule has 2 aliphatic rings. The van der Waals surface area contributed by atoms with E-state index >= 15 is 0 Å². The number of azide groups is 1. The summed E-state index contributed by atoms with van der Waals surface area (Å²) in [7, 11) is 0. The Hall–Kier alpha value is -1.11. The van der Waals surface area contributed by atoms with E-state index < -0.39 is 53.9 Å². The van der Waals surface area contributed by atoms with Crippen LogP contribution >= 0.6 is 11.8 Å². The maximum atomic E-state index is 12.5. The van der Waals surface area contributed by atoms with Crippen molar-refractivity contribution in [1.82, 2.24) is 10.6 Å². The number of aliphatic hydroxyl groups excluding tert-OH is 4. The van der Waals surface area contributed by atoms with Crippen LogP contribution in [0.4, 0.5) is 0 Å². The van der Waals surface area contributed by atoms with Crippen molar-refractivity contribution < 1.29 is 30.0 Å². The van der Waals surface area contributed by atoms with Crippen LogP contribution in [0.2, 0.25) is 0 Å². The van der Waals surface area contributed by atoms with Crippen molar-refractivity contribution in [2.45, 2.75) is 67.4 Å². The van der Waals surface area contributed by atoms with Crippen LogP contribution < -0.4 is 10.6 Å². The third-order valence-electron chi connectivity index (χ3n) is 4.66. The highest BCUT2D eigenvalue weighted by atomic mass is 32.2. The van der Waals surface area contributed by atoms with Crippen LogP contribution in [0.3, 0.4) is 0 Å². The number of carbonyl (C=O) groups excluding carboxylic acids is 1. The minimum Gasteiger partial charge on any atom is -0.391 e. The van der Waals surface area contributed by atoms with Gasteiger partial charge in [-0.1, -0.05) is 5.11 Å². The number of hydrogen-bond donors (Lipinski definition) is 6. The van der Waals surface area contributed by atoms with E-state index in [0.717, 1.165) is 11.8 Å². The van der Waals surface area contributed by atoms with Gasteiger partial charge in [0.25, 0.3) is 0 Å². The third-order valence-corrected chi connectivity index (χ3v) is 5.52. The zero-order chi connectivity index (χ0) is 19.4. The molecule has 2 fully saturated rings. The second-order valence-corrected chi connectivity index (χ2v) is 7.44. The van der Waals surface area contributed by atoms with Gasteiger partial charge < -0.3 is 35.8 Å². The molecule has 9 atom stereocenters. The number of nitrogens with one attached hydrogen (secondary N) is 2. The Kier molecular flexibility index (Phi) is 7.50. The standard InChI is InChI=1S/C14H25N5O6S/c1-5(20)8(12-10(22)9(21)11(23)14(25-12)26-2)17-13(24)7-3-6(4-16-7)18-19-15/h5-12,14,16,20-23H,3-4H2,1-2H3,(H,17,24)/t5-,6+,7?,8-,9+,10-,11-,12-,14-/m1/s1. The molecule has 1 amide bonds. The molecule has 148 valence electrons. The molecule has 12 heteroatoms. The van der Waals surface area contributed by atoms with E-state index in [1.807, 2.05) is 0 Å². The predicted molar refractivity (Wildman–Crippen MR) is 93.1 cm³/mol. The maximum Gasteiger partial charge on any atom is 0.237 e.